The number of hydrogen-bond donors (Lipinski definition) is 1. The largest absolute Gasteiger partial charge is 0.366 e. The van der Waals surface area contributed by atoms with E-state index >= 15 is 0 Å². The summed E-state index contributed by atoms with van der Waals surface area (Å²) in [5.41, 5.74) is 2.54. The third-order valence-corrected chi connectivity index (χ3v) is 4.32. The van der Waals surface area contributed by atoms with E-state index in [2.05, 4.69) is 55.2 Å². The topological polar surface area (TPSA) is 18.5 Å². The molecular formula is C17H28ClN3. The van der Waals surface area contributed by atoms with Gasteiger partial charge in [0.1, 0.15) is 0 Å². The molecule has 1 atom stereocenters. The zero-order valence-corrected chi connectivity index (χ0v) is 14.5. The fourth-order valence-corrected chi connectivity index (χ4v) is 3.38. The number of anilines is 1. The van der Waals surface area contributed by atoms with Gasteiger partial charge in [0.25, 0.3) is 0 Å². The van der Waals surface area contributed by atoms with Crippen LogP contribution >= 0.6 is 11.6 Å². The van der Waals surface area contributed by atoms with Crippen molar-refractivity contribution in [2.24, 2.45) is 0 Å². The molecule has 0 saturated carbocycles. The van der Waals surface area contributed by atoms with Crippen LogP contribution in [0.3, 0.4) is 0 Å². The monoisotopic (exact) mass is 309 g/mol. The number of nitrogens with one attached hydrogen (secondary N) is 1. The summed E-state index contributed by atoms with van der Waals surface area (Å²) in [6.45, 7) is 7.42. The first-order valence-corrected chi connectivity index (χ1v) is 8.29. The average molecular weight is 310 g/mol. The second kappa shape index (κ2) is 7.48. The number of benzene rings is 1. The molecule has 0 spiro atoms. The van der Waals surface area contributed by atoms with E-state index in [0.717, 1.165) is 24.7 Å². The standard InChI is InChI=1S/C17H28ClN3/c1-13(2)19-11-14-7-5-9-16(18)17(14)21-10-6-8-15(21)12-20(3)4/h5,7,9,13,15,19H,6,8,10-12H2,1-4H3. The van der Waals surface area contributed by atoms with E-state index in [1.165, 1.54) is 24.1 Å². The summed E-state index contributed by atoms with van der Waals surface area (Å²) in [6.07, 6.45) is 2.50. The Bertz CT molecular complexity index is 459. The van der Waals surface area contributed by atoms with Crippen LogP contribution in [-0.4, -0.2) is 44.2 Å². The highest BCUT2D eigenvalue weighted by Gasteiger charge is 2.28. The molecule has 3 nitrogen and oxygen atoms in total. The summed E-state index contributed by atoms with van der Waals surface area (Å²) < 4.78 is 0. The van der Waals surface area contributed by atoms with Gasteiger partial charge >= 0.3 is 0 Å². The van der Waals surface area contributed by atoms with Crippen molar-refractivity contribution >= 4 is 17.3 Å². The number of nitrogens with zero attached hydrogens (tertiary/aromatic N) is 2. The number of para-hydroxylation sites is 1. The van der Waals surface area contributed by atoms with Crippen molar-refractivity contribution in [3.8, 4) is 0 Å². The summed E-state index contributed by atoms with van der Waals surface area (Å²) in [4.78, 5) is 4.78. The van der Waals surface area contributed by atoms with E-state index < -0.39 is 0 Å². The third-order valence-electron chi connectivity index (χ3n) is 4.01. The van der Waals surface area contributed by atoms with Gasteiger partial charge in [0, 0.05) is 31.7 Å². The Morgan fingerprint density at radius 2 is 2.14 bits per heavy atom. The first kappa shape index (κ1) is 16.6. The predicted octanol–water partition coefficient (Wildman–Crippen LogP) is 3.37. The molecule has 1 heterocycles. The second-order valence-corrected chi connectivity index (χ2v) is 6.94. The average Bonchev–Trinajstić information content (AvgIpc) is 2.83. The molecule has 1 aromatic rings. The van der Waals surface area contributed by atoms with Crippen LogP contribution in [0.5, 0.6) is 0 Å². The molecule has 21 heavy (non-hydrogen) atoms. The van der Waals surface area contributed by atoms with E-state index in [1.807, 2.05) is 6.07 Å². The molecule has 1 fully saturated rings. The first-order valence-electron chi connectivity index (χ1n) is 7.91. The van der Waals surface area contributed by atoms with Crippen molar-refractivity contribution in [2.45, 2.75) is 45.3 Å². The van der Waals surface area contributed by atoms with Crippen LogP contribution in [0, 0.1) is 0 Å². The van der Waals surface area contributed by atoms with E-state index in [0.29, 0.717) is 12.1 Å². The van der Waals surface area contributed by atoms with Crippen LogP contribution in [0.25, 0.3) is 0 Å². The number of hydrogen-bond acceptors (Lipinski definition) is 3. The Labute approximate surface area is 134 Å². The number of rotatable bonds is 6. The molecule has 2 rings (SSSR count). The van der Waals surface area contributed by atoms with Gasteiger partial charge in [0.2, 0.25) is 0 Å². The Balaban J connectivity index is 2.24. The molecule has 0 bridgehead atoms. The van der Waals surface area contributed by atoms with Crippen molar-refractivity contribution in [1.29, 1.82) is 0 Å². The maximum atomic E-state index is 6.54. The van der Waals surface area contributed by atoms with Crippen LogP contribution < -0.4 is 10.2 Å². The molecule has 4 heteroatoms. The molecule has 1 N–H and O–H groups in total. The van der Waals surface area contributed by atoms with Crippen molar-refractivity contribution in [2.75, 3.05) is 32.1 Å². The van der Waals surface area contributed by atoms with Crippen LogP contribution in [0.1, 0.15) is 32.3 Å². The highest BCUT2D eigenvalue weighted by Crippen LogP contribution is 2.35. The summed E-state index contributed by atoms with van der Waals surface area (Å²) in [6, 6.07) is 7.31. The minimum Gasteiger partial charge on any atom is -0.366 e. The van der Waals surface area contributed by atoms with Gasteiger partial charge in [-0.25, -0.2) is 0 Å². The highest BCUT2D eigenvalue weighted by molar-refractivity contribution is 6.33. The molecule has 1 aliphatic heterocycles. The van der Waals surface area contributed by atoms with E-state index in [9.17, 15) is 0 Å². The normalized spacial score (nSPS) is 19.0. The fourth-order valence-electron chi connectivity index (χ4n) is 3.08. The maximum absolute atomic E-state index is 6.54. The van der Waals surface area contributed by atoms with E-state index in [-0.39, 0.29) is 0 Å². The van der Waals surface area contributed by atoms with Crippen molar-refractivity contribution < 1.29 is 0 Å². The quantitative estimate of drug-likeness (QED) is 0.869. The fraction of sp³-hybridized carbons (Fsp3) is 0.647. The van der Waals surface area contributed by atoms with Crippen LogP contribution in [0.4, 0.5) is 5.69 Å². The van der Waals surface area contributed by atoms with Crippen molar-refractivity contribution in [1.82, 2.24) is 10.2 Å². The molecule has 0 radical (unpaired) electrons. The Morgan fingerprint density at radius 3 is 2.81 bits per heavy atom. The van der Waals surface area contributed by atoms with Crippen molar-refractivity contribution in [3.63, 3.8) is 0 Å². The summed E-state index contributed by atoms with van der Waals surface area (Å²) in [5.74, 6) is 0. The summed E-state index contributed by atoms with van der Waals surface area (Å²) in [5, 5.41) is 4.39. The predicted molar refractivity (Wildman–Crippen MR) is 92.3 cm³/mol. The molecule has 1 aliphatic rings. The molecule has 0 aromatic heterocycles. The van der Waals surface area contributed by atoms with Gasteiger partial charge in [-0.15, -0.1) is 0 Å². The van der Waals surface area contributed by atoms with Gasteiger partial charge in [-0.2, -0.15) is 0 Å². The van der Waals surface area contributed by atoms with Gasteiger partial charge < -0.3 is 15.1 Å². The maximum Gasteiger partial charge on any atom is 0.0643 e. The SMILES string of the molecule is CC(C)NCc1cccc(Cl)c1N1CCCC1CN(C)C. The van der Waals surface area contributed by atoms with Gasteiger partial charge in [-0.05, 0) is 38.6 Å². The minimum absolute atomic E-state index is 0.480. The van der Waals surface area contributed by atoms with Gasteiger partial charge in [-0.1, -0.05) is 37.6 Å². The lowest BCUT2D eigenvalue weighted by Crippen LogP contribution is -2.38. The van der Waals surface area contributed by atoms with Crippen molar-refractivity contribution in [3.05, 3.63) is 28.8 Å². The Hall–Kier alpha value is -0.770. The highest BCUT2D eigenvalue weighted by atomic mass is 35.5. The molecule has 0 amide bonds. The van der Waals surface area contributed by atoms with Crippen LogP contribution in [0.2, 0.25) is 5.02 Å². The molecule has 118 valence electrons. The number of halogens is 1. The zero-order chi connectivity index (χ0) is 15.4. The lowest BCUT2D eigenvalue weighted by atomic mass is 10.1. The molecule has 1 unspecified atom stereocenters. The summed E-state index contributed by atoms with van der Waals surface area (Å²) in [7, 11) is 4.29. The van der Waals surface area contributed by atoms with Crippen LogP contribution in [0.15, 0.2) is 18.2 Å². The van der Waals surface area contributed by atoms with Crippen LogP contribution in [-0.2, 0) is 6.54 Å². The third kappa shape index (κ3) is 4.35. The van der Waals surface area contributed by atoms with Gasteiger partial charge in [0.15, 0.2) is 0 Å². The van der Waals surface area contributed by atoms with E-state index in [1.54, 1.807) is 0 Å². The Morgan fingerprint density at radius 1 is 1.38 bits per heavy atom. The minimum atomic E-state index is 0.480. The lowest BCUT2D eigenvalue weighted by molar-refractivity contribution is 0.372. The smallest absolute Gasteiger partial charge is 0.0643 e. The zero-order valence-electron chi connectivity index (χ0n) is 13.7. The van der Waals surface area contributed by atoms with E-state index in [4.69, 9.17) is 11.6 Å². The van der Waals surface area contributed by atoms with Gasteiger partial charge in [0.05, 0.1) is 10.7 Å². The van der Waals surface area contributed by atoms with Gasteiger partial charge in [-0.3, -0.25) is 0 Å². The first-order chi connectivity index (χ1) is 9.99. The second-order valence-electron chi connectivity index (χ2n) is 6.53. The molecule has 1 saturated heterocycles. The molecular weight excluding hydrogens is 282 g/mol. The summed E-state index contributed by atoms with van der Waals surface area (Å²) >= 11 is 6.54. The Kier molecular flexibility index (Phi) is 5.91. The number of likely N-dealkylation sites (N-methyl/N-ethyl adjacent to an activating group) is 1. The molecule has 0 aliphatic carbocycles. The lowest BCUT2D eigenvalue weighted by Gasteiger charge is -2.31. The molecule has 1 aromatic carbocycles.